The van der Waals surface area contributed by atoms with E-state index in [1.165, 1.54) is 41.7 Å². The number of rotatable bonds is 2. The van der Waals surface area contributed by atoms with Crippen molar-refractivity contribution in [3.8, 4) is 0 Å². The van der Waals surface area contributed by atoms with Crippen LogP contribution in [0.25, 0.3) is 0 Å². The van der Waals surface area contributed by atoms with Crippen molar-refractivity contribution in [1.29, 1.82) is 0 Å². The van der Waals surface area contributed by atoms with Crippen LogP contribution in [0.2, 0.25) is 0 Å². The van der Waals surface area contributed by atoms with Crippen LogP contribution >= 0.6 is 31.9 Å². The van der Waals surface area contributed by atoms with Crippen molar-refractivity contribution in [2.24, 2.45) is 0 Å². The van der Waals surface area contributed by atoms with E-state index in [2.05, 4.69) is 55.0 Å². The molecule has 0 atom stereocenters. The van der Waals surface area contributed by atoms with Crippen molar-refractivity contribution < 1.29 is 0 Å². The molecule has 76 valence electrons. The summed E-state index contributed by atoms with van der Waals surface area (Å²) in [4.78, 5) is 2.45. The van der Waals surface area contributed by atoms with Crippen molar-refractivity contribution in [3.05, 3.63) is 28.2 Å². The third-order valence-electron chi connectivity index (χ3n) is 2.61. The molecule has 1 saturated heterocycles. The normalized spacial score (nSPS) is 16.3. The number of anilines is 1. The highest BCUT2D eigenvalue weighted by Gasteiger charge is 2.14. The summed E-state index contributed by atoms with van der Waals surface area (Å²) >= 11 is 7.10. The largest absolute Gasteiger partial charge is 0.371 e. The Bertz CT molecular complexity index is 319. The highest BCUT2D eigenvalue weighted by atomic mass is 79.9. The van der Waals surface area contributed by atoms with E-state index >= 15 is 0 Å². The standard InChI is InChI=1S/C11H13Br2N/c12-8-9-3-4-11(10(13)7-9)14-5-1-2-6-14/h3-4,7H,1-2,5-6,8H2. The Kier molecular flexibility index (Phi) is 3.50. The molecule has 0 aliphatic carbocycles. The monoisotopic (exact) mass is 317 g/mol. The lowest BCUT2D eigenvalue weighted by Crippen LogP contribution is -2.17. The lowest BCUT2D eigenvalue weighted by Gasteiger charge is -2.19. The number of nitrogens with zero attached hydrogens (tertiary/aromatic N) is 1. The van der Waals surface area contributed by atoms with Crippen LogP contribution in [0.4, 0.5) is 5.69 Å². The van der Waals surface area contributed by atoms with Gasteiger partial charge in [-0.2, -0.15) is 0 Å². The molecular weight excluding hydrogens is 306 g/mol. The van der Waals surface area contributed by atoms with Crippen molar-refractivity contribution in [3.63, 3.8) is 0 Å². The predicted octanol–water partition coefficient (Wildman–Crippen LogP) is 3.94. The number of alkyl halides is 1. The SMILES string of the molecule is BrCc1ccc(N2CCCC2)c(Br)c1. The van der Waals surface area contributed by atoms with Crippen LogP contribution in [-0.2, 0) is 5.33 Å². The molecule has 1 fully saturated rings. The third kappa shape index (κ3) is 2.14. The summed E-state index contributed by atoms with van der Waals surface area (Å²) in [5.74, 6) is 0. The molecule has 3 heteroatoms. The van der Waals surface area contributed by atoms with Crippen LogP contribution in [0.1, 0.15) is 18.4 Å². The molecule has 1 nitrogen and oxygen atoms in total. The second-order valence-corrected chi connectivity index (χ2v) is 5.03. The number of benzene rings is 1. The Morgan fingerprint density at radius 2 is 1.93 bits per heavy atom. The summed E-state index contributed by atoms with van der Waals surface area (Å²) in [6.07, 6.45) is 2.65. The maximum absolute atomic E-state index is 3.64. The Morgan fingerprint density at radius 1 is 1.21 bits per heavy atom. The van der Waals surface area contributed by atoms with Crippen LogP contribution in [-0.4, -0.2) is 13.1 Å². The highest BCUT2D eigenvalue weighted by molar-refractivity contribution is 9.10. The quantitative estimate of drug-likeness (QED) is 0.746. The molecule has 0 unspecified atom stereocenters. The molecule has 1 aromatic rings. The van der Waals surface area contributed by atoms with E-state index in [0.717, 1.165) is 5.33 Å². The van der Waals surface area contributed by atoms with Gasteiger partial charge in [-0.15, -0.1) is 0 Å². The number of hydrogen-bond donors (Lipinski definition) is 0. The number of hydrogen-bond acceptors (Lipinski definition) is 1. The minimum absolute atomic E-state index is 0.922. The van der Waals surface area contributed by atoms with Gasteiger partial charge in [-0.25, -0.2) is 0 Å². The molecule has 1 aliphatic heterocycles. The minimum atomic E-state index is 0.922. The van der Waals surface area contributed by atoms with Gasteiger partial charge in [-0.3, -0.25) is 0 Å². The van der Waals surface area contributed by atoms with E-state index < -0.39 is 0 Å². The predicted molar refractivity (Wildman–Crippen MR) is 68.2 cm³/mol. The smallest absolute Gasteiger partial charge is 0.0510 e. The maximum atomic E-state index is 3.64. The molecule has 0 N–H and O–H groups in total. The van der Waals surface area contributed by atoms with Crippen molar-refractivity contribution >= 4 is 37.5 Å². The topological polar surface area (TPSA) is 3.24 Å². The van der Waals surface area contributed by atoms with Crippen LogP contribution in [0.5, 0.6) is 0 Å². The van der Waals surface area contributed by atoms with Gasteiger partial charge in [-0.1, -0.05) is 22.0 Å². The third-order valence-corrected chi connectivity index (χ3v) is 3.90. The van der Waals surface area contributed by atoms with Crippen molar-refractivity contribution in [2.75, 3.05) is 18.0 Å². The van der Waals surface area contributed by atoms with E-state index in [4.69, 9.17) is 0 Å². The lowest BCUT2D eigenvalue weighted by molar-refractivity contribution is 0.949. The molecule has 0 amide bonds. The van der Waals surface area contributed by atoms with E-state index in [1.807, 2.05) is 0 Å². The summed E-state index contributed by atoms with van der Waals surface area (Å²) in [5, 5.41) is 0.922. The van der Waals surface area contributed by atoms with Gasteiger partial charge in [-0.05, 0) is 46.5 Å². The molecule has 0 bridgehead atoms. The first kappa shape index (κ1) is 10.5. The summed E-state index contributed by atoms with van der Waals surface area (Å²) in [6.45, 7) is 2.40. The Hall–Kier alpha value is -0.0200. The Morgan fingerprint density at radius 3 is 2.50 bits per heavy atom. The fraction of sp³-hybridized carbons (Fsp3) is 0.455. The molecule has 1 heterocycles. The molecule has 0 aromatic heterocycles. The first-order valence-electron chi connectivity index (χ1n) is 4.90. The average Bonchev–Trinajstić information content (AvgIpc) is 2.70. The second kappa shape index (κ2) is 4.67. The first-order valence-corrected chi connectivity index (χ1v) is 6.82. The lowest BCUT2D eigenvalue weighted by atomic mass is 10.2. The molecule has 1 aliphatic rings. The van der Waals surface area contributed by atoms with Gasteiger partial charge in [0.15, 0.2) is 0 Å². The van der Waals surface area contributed by atoms with E-state index in [0.29, 0.717) is 0 Å². The van der Waals surface area contributed by atoms with E-state index in [9.17, 15) is 0 Å². The van der Waals surface area contributed by atoms with E-state index in [-0.39, 0.29) is 0 Å². The van der Waals surface area contributed by atoms with Crippen LogP contribution in [0.3, 0.4) is 0 Å². The fourth-order valence-corrected chi connectivity index (χ4v) is 2.87. The average molecular weight is 319 g/mol. The molecular formula is C11H13Br2N. The zero-order valence-electron chi connectivity index (χ0n) is 7.97. The highest BCUT2D eigenvalue weighted by Crippen LogP contribution is 2.30. The number of halogens is 2. The zero-order chi connectivity index (χ0) is 9.97. The first-order chi connectivity index (χ1) is 6.81. The van der Waals surface area contributed by atoms with Crippen molar-refractivity contribution in [2.45, 2.75) is 18.2 Å². The fourth-order valence-electron chi connectivity index (χ4n) is 1.85. The summed E-state index contributed by atoms with van der Waals surface area (Å²) < 4.78 is 1.22. The van der Waals surface area contributed by atoms with Crippen LogP contribution in [0.15, 0.2) is 22.7 Å². The molecule has 1 aromatic carbocycles. The van der Waals surface area contributed by atoms with Gasteiger partial charge >= 0.3 is 0 Å². The van der Waals surface area contributed by atoms with Gasteiger partial charge in [0.25, 0.3) is 0 Å². The Labute approximate surface area is 102 Å². The van der Waals surface area contributed by atoms with Crippen molar-refractivity contribution in [1.82, 2.24) is 0 Å². The molecule has 14 heavy (non-hydrogen) atoms. The summed E-state index contributed by atoms with van der Waals surface area (Å²) in [6, 6.07) is 6.60. The molecule has 2 rings (SSSR count). The van der Waals surface area contributed by atoms with E-state index in [1.54, 1.807) is 0 Å². The second-order valence-electron chi connectivity index (χ2n) is 3.61. The summed E-state index contributed by atoms with van der Waals surface area (Å²) in [7, 11) is 0. The van der Waals surface area contributed by atoms with Gasteiger partial charge in [0.2, 0.25) is 0 Å². The molecule has 0 radical (unpaired) electrons. The molecule has 0 saturated carbocycles. The van der Waals surface area contributed by atoms with Crippen LogP contribution in [0, 0.1) is 0 Å². The van der Waals surface area contributed by atoms with Gasteiger partial charge in [0, 0.05) is 22.9 Å². The molecule has 0 spiro atoms. The minimum Gasteiger partial charge on any atom is -0.371 e. The summed E-state index contributed by atoms with van der Waals surface area (Å²) in [5.41, 5.74) is 2.66. The van der Waals surface area contributed by atoms with Gasteiger partial charge < -0.3 is 4.90 Å². The van der Waals surface area contributed by atoms with Crippen LogP contribution < -0.4 is 4.90 Å². The maximum Gasteiger partial charge on any atom is 0.0510 e. The zero-order valence-corrected chi connectivity index (χ0v) is 11.1. The Balaban J connectivity index is 2.25. The van der Waals surface area contributed by atoms with Gasteiger partial charge in [0.05, 0.1) is 5.69 Å². The van der Waals surface area contributed by atoms with Gasteiger partial charge in [0.1, 0.15) is 0 Å².